The third-order valence-corrected chi connectivity index (χ3v) is 5.56. The largest absolute Gasteiger partial charge is 0.377 e. The van der Waals surface area contributed by atoms with Crippen molar-refractivity contribution in [3.63, 3.8) is 0 Å². The van der Waals surface area contributed by atoms with Gasteiger partial charge in [-0.25, -0.2) is 13.9 Å². The highest BCUT2D eigenvalue weighted by Crippen LogP contribution is 2.25. The van der Waals surface area contributed by atoms with E-state index >= 15 is 0 Å². The van der Waals surface area contributed by atoms with Crippen LogP contribution in [0.5, 0.6) is 0 Å². The third kappa shape index (κ3) is 5.32. The van der Waals surface area contributed by atoms with Crippen molar-refractivity contribution < 1.29 is 18.7 Å². The van der Waals surface area contributed by atoms with Crippen LogP contribution in [-0.2, 0) is 9.53 Å². The van der Waals surface area contributed by atoms with Crippen LogP contribution in [-0.4, -0.2) is 51.9 Å². The summed E-state index contributed by atoms with van der Waals surface area (Å²) < 4.78 is 21.9. The molecule has 8 nitrogen and oxygen atoms in total. The van der Waals surface area contributed by atoms with Gasteiger partial charge >= 0.3 is 6.03 Å². The minimum atomic E-state index is -0.820. The van der Waals surface area contributed by atoms with Gasteiger partial charge < -0.3 is 20.3 Å². The quantitative estimate of drug-likeness (QED) is 0.560. The first-order valence-corrected chi connectivity index (χ1v) is 10.9. The maximum absolute atomic E-state index is 14.7. The number of nitrogens with one attached hydrogen (secondary N) is 2. The number of urea groups is 1. The van der Waals surface area contributed by atoms with E-state index in [2.05, 4.69) is 15.7 Å². The molecule has 0 spiro atoms. The van der Waals surface area contributed by atoms with Crippen LogP contribution in [0.25, 0.3) is 5.69 Å². The van der Waals surface area contributed by atoms with Gasteiger partial charge in [0, 0.05) is 48.7 Å². The number of hydrogen-bond acceptors (Lipinski definition) is 4. The molecule has 1 aromatic heterocycles. The smallest absolute Gasteiger partial charge is 0.322 e. The van der Waals surface area contributed by atoms with E-state index in [1.54, 1.807) is 48.8 Å². The molecule has 2 N–H and O–H groups in total. The maximum Gasteiger partial charge on any atom is 0.322 e. The van der Waals surface area contributed by atoms with E-state index in [0.717, 1.165) is 0 Å². The summed E-state index contributed by atoms with van der Waals surface area (Å²) in [6, 6.07) is 11.5. The fourth-order valence-corrected chi connectivity index (χ4v) is 3.87. The average molecular weight is 472 g/mol. The molecule has 2 unspecified atom stereocenters. The van der Waals surface area contributed by atoms with Gasteiger partial charge in [0.2, 0.25) is 5.91 Å². The Hall–Kier alpha value is -3.43. The topological polar surface area (TPSA) is 88.5 Å². The highest BCUT2D eigenvalue weighted by molar-refractivity contribution is 6.30. The van der Waals surface area contributed by atoms with E-state index in [0.29, 0.717) is 29.4 Å². The van der Waals surface area contributed by atoms with Crippen LogP contribution in [0.4, 0.5) is 20.6 Å². The zero-order chi connectivity index (χ0) is 23.4. The number of hydrogen-bond donors (Lipinski definition) is 2. The highest BCUT2D eigenvalue weighted by atomic mass is 35.5. The van der Waals surface area contributed by atoms with Crippen molar-refractivity contribution >= 4 is 34.9 Å². The fourth-order valence-electron chi connectivity index (χ4n) is 3.74. The van der Waals surface area contributed by atoms with Gasteiger partial charge in [-0.3, -0.25) is 4.79 Å². The molecule has 0 aliphatic carbocycles. The van der Waals surface area contributed by atoms with Crippen molar-refractivity contribution in [1.29, 1.82) is 0 Å². The Balaban J connectivity index is 1.48. The number of amides is 3. The van der Waals surface area contributed by atoms with Crippen LogP contribution < -0.4 is 10.6 Å². The Morgan fingerprint density at radius 3 is 2.67 bits per heavy atom. The van der Waals surface area contributed by atoms with Gasteiger partial charge in [-0.1, -0.05) is 11.6 Å². The molecule has 0 radical (unpaired) electrons. The molecule has 4 rings (SSSR count). The van der Waals surface area contributed by atoms with Crippen LogP contribution >= 0.6 is 11.6 Å². The van der Waals surface area contributed by atoms with E-state index in [1.807, 2.05) is 6.92 Å². The van der Waals surface area contributed by atoms with Crippen LogP contribution in [0.15, 0.2) is 60.9 Å². The minimum absolute atomic E-state index is 0.0221. The molecular weight excluding hydrogens is 449 g/mol. The minimum Gasteiger partial charge on any atom is -0.377 e. The second-order valence-electron chi connectivity index (χ2n) is 7.52. The van der Waals surface area contributed by atoms with E-state index in [1.165, 1.54) is 21.7 Å². The maximum atomic E-state index is 14.7. The van der Waals surface area contributed by atoms with E-state index < -0.39 is 23.8 Å². The molecule has 1 aliphatic rings. The molecule has 3 amide bonds. The number of rotatable bonds is 6. The normalized spacial score (nSPS) is 17.7. The average Bonchev–Trinajstić information content (AvgIpc) is 3.47. The molecule has 33 heavy (non-hydrogen) atoms. The summed E-state index contributed by atoms with van der Waals surface area (Å²) in [5, 5.41) is 9.98. The number of halogens is 2. The van der Waals surface area contributed by atoms with Crippen LogP contribution in [0.1, 0.15) is 13.3 Å². The van der Waals surface area contributed by atoms with Crippen LogP contribution in [0.2, 0.25) is 5.02 Å². The Bertz CT molecular complexity index is 1120. The van der Waals surface area contributed by atoms with Crippen molar-refractivity contribution in [2.45, 2.75) is 25.5 Å². The van der Waals surface area contributed by atoms with E-state index in [-0.39, 0.29) is 18.3 Å². The first-order chi connectivity index (χ1) is 15.9. The monoisotopic (exact) mass is 471 g/mol. The molecule has 1 saturated heterocycles. The van der Waals surface area contributed by atoms with Crippen LogP contribution in [0.3, 0.4) is 0 Å². The highest BCUT2D eigenvalue weighted by Gasteiger charge is 2.40. The number of anilines is 2. The van der Waals surface area contributed by atoms with Crippen molar-refractivity contribution in [3.8, 4) is 5.69 Å². The van der Waals surface area contributed by atoms with Gasteiger partial charge in [-0.15, -0.1) is 0 Å². The van der Waals surface area contributed by atoms with Crippen LogP contribution in [0, 0.1) is 5.82 Å². The molecule has 0 bridgehead atoms. The first-order valence-electron chi connectivity index (χ1n) is 10.5. The number of ether oxygens (including phenoxy) is 1. The number of benzene rings is 2. The lowest BCUT2D eigenvalue weighted by Crippen LogP contribution is -2.45. The molecule has 2 aromatic carbocycles. The first kappa shape index (κ1) is 22.8. The number of carbonyl (C=O) groups excluding carboxylic acids is 2. The summed E-state index contributed by atoms with van der Waals surface area (Å²) in [6.45, 7) is 2.54. The number of likely N-dealkylation sites (tertiary alicyclic amines) is 1. The van der Waals surface area contributed by atoms with E-state index in [4.69, 9.17) is 16.3 Å². The zero-order valence-corrected chi connectivity index (χ0v) is 18.6. The fraction of sp³-hybridized carbons (Fsp3) is 0.261. The van der Waals surface area contributed by atoms with Crippen molar-refractivity contribution in [2.24, 2.45) is 0 Å². The Morgan fingerprint density at radius 1 is 1.21 bits per heavy atom. The second kappa shape index (κ2) is 10.0. The predicted molar refractivity (Wildman–Crippen MR) is 123 cm³/mol. The summed E-state index contributed by atoms with van der Waals surface area (Å²) >= 11 is 5.89. The van der Waals surface area contributed by atoms with Crippen molar-refractivity contribution in [2.75, 3.05) is 23.8 Å². The predicted octanol–water partition coefficient (Wildman–Crippen LogP) is 4.31. The molecule has 10 heteroatoms. The van der Waals surface area contributed by atoms with Gasteiger partial charge in [-0.05, 0) is 49.4 Å². The molecule has 2 atom stereocenters. The van der Waals surface area contributed by atoms with Crippen molar-refractivity contribution in [3.05, 3.63) is 71.8 Å². The lowest BCUT2D eigenvalue weighted by atomic mass is 10.1. The summed E-state index contributed by atoms with van der Waals surface area (Å²) in [5.41, 5.74) is 1.09. The molecule has 2 heterocycles. The lowest BCUT2D eigenvalue weighted by Gasteiger charge is -2.24. The van der Waals surface area contributed by atoms with Gasteiger partial charge in [0.05, 0.1) is 17.5 Å². The second-order valence-corrected chi connectivity index (χ2v) is 7.96. The standard InChI is InChI=1S/C23H23ClFN5O3/c1-2-33-18-13-21(29(14-18)23(32)27-16-6-4-15(24)5-7-16)22(31)28-20-9-8-17(12-19(20)25)30-11-3-10-26-30/h3-12,18,21H,2,13-14H2,1H3,(H,27,32)(H,28,31). The molecule has 172 valence electrons. The summed E-state index contributed by atoms with van der Waals surface area (Å²) in [4.78, 5) is 27.4. The number of nitrogens with zero attached hydrogens (tertiary/aromatic N) is 3. The van der Waals surface area contributed by atoms with Crippen molar-refractivity contribution in [1.82, 2.24) is 14.7 Å². The Kier molecular flexibility index (Phi) is 6.90. The van der Waals surface area contributed by atoms with Gasteiger partial charge in [0.1, 0.15) is 11.9 Å². The van der Waals surface area contributed by atoms with Gasteiger partial charge in [0.15, 0.2) is 0 Å². The SMILES string of the molecule is CCOC1CC(C(=O)Nc2ccc(-n3cccn3)cc2F)N(C(=O)Nc2ccc(Cl)cc2)C1. The molecule has 1 fully saturated rings. The molecule has 1 aliphatic heterocycles. The van der Waals surface area contributed by atoms with Gasteiger partial charge in [-0.2, -0.15) is 5.10 Å². The molecule has 0 saturated carbocycles. The number of aromatic nitrogens is 2. The zero-order valence-electron chi connectivity index (χ0n) is 17.9. The summed E-state index contributed by atoms with van der Waals surface area (Å²) in [6.07, 6.45) is 3.29. The lowest BCUT2D eigenvalue weighted by molar-refractivity contribution is -0.119. The number of carbonyl (C=O) groups is 2. The van der Waals surface area contributed by atoms with E-state index in [9.17, 15) is 14.0 Å². The van der Waals surface area contributed by atoms with Gasteiger partial charge in [0.25, 0.3) is 0 Å². The Morgan fingerprint density at radius 2 is 2.00 bits per heavy atom. The summed E-state index contributed by atoms with van der Waals surface area (Å²) in [7, 11) is 0. The summed E-state index contributed by atoms with van der Waals surface area (Å²) in [5.74, 6) is -1.10. The molecular formula is C23H23ClFN5O3. The third-order valence-electron chi connectivity index (χ3n) is 5.30. The molecule has 3 aromatic rings. The Labute approximate surface area is 195 Å².